The van der Waals surface area contributed by atoms with Crippen molar-refractivity contribution in [3.05, 3.63) is 35.8 Å². The van der Waals surface area contributed by atoms with Gasteiger partial charge in [0.15, 0.2) is 5.41 Å². The Kier molecular flexibility index (Phi) is 5.03. The summed E-state index contributed by atoms with van der Waals surface area (Å²) in [5.41, 5.74) is 0.105. The third-order valence-corrected chi connectivity index (χ3v) is 4.26. The molecule has 23 heavy (non-hydrogen) atoms. The van der Waals surface area contributed by atoms with E-state index in [-0.39, 0.29) is 25.3 Å². The maximum absolute atomic E-state index is 13.4. The van der Waals surface area contributed by atoms with E-state index in [1.165, 1.54) is 19.2 Å². The Balaban J connectivity index is 2.19. The fraction of sp³-hybridized carbons (Fsp3) is 0.412. The molecule has 0 atom stereocenters. The average molecular weight is 321 g/mol. The van der Waals surface area contributed by atoms with Crippen LogP contribution in [0.2, 0.25) is 0 Å². The van der Waals surface area contributed by atoms with Crippen LogP contribution in [-0.2, 0) is 25.7 Å². The number of carbonyl (C=O) groups excluding carboxylic acids is 2. The van der Waals surface area contributed by atoms with Gasteiger partial charge in [0, 0.05) is 22.7 Å². The molecule has 6 heteroatoms. The number of aromatic nitrogens is 1. The second kappa shape index (κ2) is 6.81. The lowest BCUT2D eigenvalue weighted by atomic mass is 9.82. The van der Waals surface area contributed by atoms with Crippen molar-refractivity contribution in [1.82, 2.24) is 4.98 Å². The maximum atomic E-state index is 13.4. The van der Waals surface area contributed by atoms with Gasteiger partial charge in [0.25, 0.3) is 0 Å². The summed E-state index contributed by atoms with van der Waals surface area (Å²) in [5, 5.41) is 0.648. The molecule has 2 rings (SSSR count). The van der Waals surface area contributed by atoms with Crippen LogP contribution in [0.1, 0.15) is 32.3 Å². The number of esters is 2. The first-order valence-corrected chi connectivity index (χ1v) is 7.49. The average Bonchev–Trinajstić information content (AvgIpc) is 2.96. The Hall–Kier alpha value is -2.37. The maximum Gasteiger partial charge on any atom is 0.323 e. The number of carbonyl (C=O) groups is 2. The molecule has 0 aliphatic heterocycles. The van der Waals surface area contributed by atoms with Gasteiger partial charge in [-0.15, -0.1) is 0 Å². The third kappa shape index (κ3) is 3.06. The van der Waals surface area contributed by atoms with E-state index in [1.807, 2.05) is 0 Å². The fourth-order valence-electron chi connectivity index (χ4n) is 2.66. The number of aromatic amines is 1. The van der Waals surface area contributed by atoms with Gasteiger partial charge >= 0.3 is 11.9 Å². The van der Waals surface area contributed by atoms with Crippen molar-refractivity contribution in [3.63, 3.8) is 0 Å². The number of benzene rings is 1. The molecule has 0 saturated carbocycles. The molecule has 124 valence electrons. The molecule has 1 heterocycles. The summed E-state index contributed by atoms with van der Waals surface area (Å²) in [5.74, 6) is -1.59. The molecule has 0 bridgehead atoms. The first-order valence-electron chi connectivity index (χ1n) is 7.49. The highest BCUT2D eigenvalue weighted by Gasteiger charge is 2.45. The second-order valence-electron chi connectivity index (χ2n) is 5.36. The van der Waals surface area contributed by atoms with E-state index in [1.54, 1.807) is 26.1 Å². The van der Waals surface area contributed by atoms with Gasteiger partial charge in [-0.05, 0) is 31.0 Å². The van der Waals surface area contributed by atoms with E-state index >= 15 is 0 Å². The van der Waals surface area contributed by atoms with E-state index in [4.69, 9.17) is 9.47 Å². The Morgan fingerprint density at radius 2 is 1.91 bits per heavy atom. The van der Waals surface area contributed by atoms with E-state index in [2.05, 4.69) is 4.98 Å². The van der Waals surface area contributed by atoms with Crippen LogP contribution in [0.25, 0.3) is 10.9 Å². The predicted molar refractivity (Wildman–Crippen MR) is 83.1 cm³/mol. The van der Waals surface area contributed by atoms with Crippen LogP contribution in [0.4, 0.5) is 4.39 Å². The van der Waals surface area contributed by atoms with E-state index in [0.717, 1.165) is 5.52 Å². The number of hydrogen-bond donors (Lipinski definition) is 1. The summed E-state index contributed by atoms with van der Waals surface area (Å²) in [4.78, 5) is 27.4. The summed E-state index contributed by atoms with van der Waals surface area (Å²) in [6, 6.07) is 4.35. The van der Waals surface area contributed by atoms with Crippen LogP contribution < -0.4 is 0 Å². The van der Waals surface area contributed by atoms with Gasteiger partial charge in [-0.3, -0.25) is 9.59 Å². The molecule has 0 aliphatic carbocycles. The third-order valence-electron chi connectivity index (χ3n) is 4.26. The minimum absolute atomic E-state index is 0.0406. The second-order valence-corrected chi connectivity index (χ2v) is 5.36. The zero-order chi connectivity index (χ0) is 17.0. The molecule has 0 fully saturated rings. The smallest absolute Gasteiger partial charge is 0.323 e. The van der Waals surface area contributed by atoms with Gasteiger partial charge < -0.3 is 14.5 Å². The zero-order valence-corrected chi connectivity index (χ0v) is 13.4. The number of hydrogen-bond acceptors (Lipinski definition) is 4. The van der Waals surface area contributed by atoms with Gasteiger partial charge in [0.2, 0.25) is 0 Å². The number of nitrogens with one attached hydrogen (secondary N) is 1. The summed E-state index contributed by atoms with van der Waals surface area (Å²) in [7, 11) is 1.25. The first kappa shape index (κ1) is 17.0. The van der Waals surface area contributed by atoms with Crippen molar-refractivity contribution in [2.24, 2.45) is 5.41 Å². The zero-order valence-electron chi connectivity index (χ0n) is 13.4. The van der Waals surface area contributed by atoms with Crippen LogP contribution in [0.15, 0.2) is 24.4 Å². The van der Waals surface area contributed by atoms with Crippen LogP contribution in [0, 0.1) is 11.2 Å². The minimum Gasteiger partial charge on any atom is -0.468 e. The molecular weight excluding hydrogens is 301 g/mol. The van der Waals surface area contributed by atoms with Crippen molar-refractivity contribution < 1.29 is 23.5 Å². The van der Waals surface area contributed by atoms with Gasteiger partial charge in [-0.25, -0.2) is 4.39 Å². The Bertz CT molecular complexity index is 718. The molecule has 1 N–H and O–H groups in total. The van der Waals surface area contributed by atoms with Crippen molar-refractivity contribution >= 4 is 22.8 Å². The number of fused-ring (bicyclic) bond motifs is 1. The lowest BCUT2D eigenvalue weighted by molar-refractivity contribution is -0.172. The van der Waals surface area contributed by atoms with Crippen molar-refractivity contribution in [2.45, 2.75) is 33.3 Å². The molecule has 0 amide bonds. The number of methoxy groups -OCH3 is 1. The molecule has 0 saturated heterocycles. The molecule has 1 aromatic carbocycles. The molecule has 2 aromatic rings. The number of rotatable bonds is 6. The quantitative estimate of drug-likeness (QED) is 0.654. The van der Waals surface area contributed by atoms with Gasteiger partial charge in [0.1, 0.15) is 12.4 Å². The highest BCUT2D eigenvalue weighted by atomic mass is 19.1. The van der Waals surface area contributed by atoms with Gasteiger partial charge in [-0.1, -0.05) is 13.8 Å². The number of ether oxygens (including phenoxy) is 2. The van der Waals surface area contributed by atoms with Crippen LogP contribution in [0.5, 0.6) is 0 Å². The van der Waals surface area contributed by atoms with Gasteiger partial charge in [0.05, 0.1) is 7.11 Å². The molecule has 5 nitrogen and oxygen atoms in total. The monoisotopic (exact) mass is 321 g/mol. The molecule has 1 aromatic heterocycles. The highest BCUT2D eigenvalue weighted by Crippen LogP contribution is 2.30. The van der Waals surface area contributed by atoms with Crippen LogP contribution in [0.3, 0.4) is 0 Å². The molecule has 0 aliphatic rings. The lowest BCUT2D eigenvalue weighted by Crippen LogP contribution is -2.40. The standard InChI is InChI=1S/C17H20FNO4/c1-4-17(5-2,15(20)22-3)16(21)23-10-11-9-19-14-7-6-12(18)8-13(11)14/h6-9,19H,4-5,10H2,1-3H3. The van der Waals surface area contributed by atoms with E-state index in [9.17, 15) is 14.0 Å². The molecular formula is C17H20FNO4. The topological polar surface area (TPSA) is 68.4 Å². The predicted octanol–water partition coefficient (Wildman–Crippen LogP) is 3.33. The summed E-state index contributed by atoms with van der Waals surface area (Å²) in [6.45, 7) is 3.44. The molecule has 0 radical (unpaired) electrons. The Labute approximate surface area is 133 Å². The van der Waals surface area contributed by atoms with Crippen molar-refractivity contribution in [1.29, 1.82) is 0 Å². The highest BCUT2D eigenvalue weighted by molar-refractivity contribution is 6.00. The summed E-state index contributed by atoms with van der Waals surface area (Å²) in [6.07, 6.45) is 2.24. The number of H-pyrrole nitrogens is 1. The molecule has 0 spiro atoms. The van der Waals surface area contributed by atoms with Crippen LogP contribution in [-0.4, -0.2) is 24.0 Å². The van der Waals surface area contributed by atoms with Crippen LogP contribution >= 0.6 is 0 Å². The molecule has 0 unspecified atom stereocenters. The lowest BCUT2D eigenvalue weighted by Gasteiger charge is -2.25. The Morgan fingerprint density at radius 3 is 2.52 bits per heavy atom. The Morgan fingerprint density at radius 1 is 1.22 bits per heavy atom. The fourth-order valence-corrected chi connectivity index (χ4v) is 2.66. The largest absolute Gasteiger partial charge is 0.468 e. The van der Waals surface area contributed by atoms with E-state index < -0.39 is 17.4 Å². The number of halogens is 1. The SMILES string of the molecule is CCC(CC)(C(=O)OC)C(=O)OCc1c[nH]c2ccc(F)cc12. The normalized spacial score (nSPS) is 11.5. The van der Waals surface area contributed by atoms with Gasteiger partial charge in [-0.2, -0.15) is 0 Å². The van der Waals surface area contributed by atoms with Crippen molar-refractivity contribution in [3.8, 4) is 0 Å². The van der Waals surface area contributed by atoms with Crippen molar-refractivity contribution in [2.75, 3.05) is 7.11 Å². The summed E-state index contributed by atoms with van der Waals surface area (Å²) >= 11 is 0. The van der Waals surface area contributed by atoms with E-state index in [0.29, 0.717) is 10.9 Å². The minimum atomic E-state index is -1.30. The first-order chi connectivity index (χ1) is 11.0. The summed E-state index contributed by atoms with van der Waals surface area (Å²) < 4.78 is 23.4.